The van der Waals surface area contributed by atoms with Gasteiger partial charge in [0.1, 0.15) is 6.33 Å². The van der Waals surface area contributed by atoms with Crippen LogP contribution < -0.4 is 5.32 Å². The topological polar surface area (TPSA) is 47.7 Å². The molecule has 3 rings (SSSR count). The molecule has 0 saturated carbocycles. The summed E-state index contributed by atoms with van der Waals surface area (Å²) in [6.45, 7) is 4.58. The molecule has 2 aromatic heterocycles. The van der Waals surface area contributed by atoms with Crippen LogP contribution in [-0.4, -0.2) is 25.9 Å². The van der Waals surface area contributed by atoms with Gasteiger partial charge in [-0.15, -0.1) is 10.2 Å². The molecule has 6 heteroatoms. The lowest BCUT2D eigenvalue weighted by molar-refractivity contribution is 0.701. The number of aromatic nitrogens is 4. The van der Waals surface area contributed by atoms with Crippen LogP contribution in [0.3, 0.4) is 0 Å². The summed E-state index contributed by atoms with van der Waals surface area (Å²) < 4.78 is 4.11. The Morgan fingerprint density at radius 2 is 2.19 bits per heavy atom. The summed E-state index contributed by atoms with van der Waals surface area (Å²) in [6.07, 6.45) is 3.88. The van der Waals surface area contributed by atoms with Gasteiger partial charge in [0.2, 0.25) is 0 Å². The maximum atomic E-state index is 6.16. The van der Waals surface area contributed by atoms with E-state index in [2.05, 4.69) is 39.3 Å². The fourth-order valence-electron chi connectivity index (χ4n) is 2.48. The number of nitrogens with zero attached hydrogens (tertiary/aromatic N) is 4. The highest BCUT2D eigenvalue weighted by Gasteiger charge is 2.11. The maximum absolute atomic E-state index is 6.16. The first-order valence-electron chi connectivity index (χ1n) is 7.00. The number of benzene rings is 1. The van der Waals surface area contributed by atoms with Crippen molar-refractivity contribution < 1.29 is 0 Å². The number of aryl methyl sites for hydroxylation is 1. The molecule has 0 amide bonds. The Labute approximate surface area is 128 Å². The van der Waals surface area contributed by atoms with Crippen molar-refractivity contribution in [2.45, 2.75) is 20.0 Å². The SMILES string of the molecule is CCNCc1cn(Cc2nncn2C)c2cc(Cl)ccc12. The van der Waals surface area contributed by atoms with Crippen LogP contribution >= 0.6 is 11.6 Å². The summed E-state index contributed by atoms with van der Waals surface area (Å²) in [7, 11) is 1.95. The number of nitrogens with one attached hydrogen (secondary N) is 1. The predicted octanol–water partition coefficient (Wildman–Crippen LogP) is 2.58. The van der Waals surface area contributed by atoms with Crippen LogP contribution in [0.25, 0.3) is 10.9 Å². The molecule has 5 nitrogen and oxygen atoms in total. The summed E-state index contributed by atoms with van der Waals surface area (Å²) in [6, 6.07) is 6.02. The first kappa shape index (κ1) is 14.1. The first-order chi connectivity index (χ1) is 10.2. The zero-order valence-electron chi connectivity index (χ0n) is 12.2. The van der Waals surface area contributed by atoms with Crippen LogP contribution in [0.4, 0.5) is 0 Å². The minimum Gasteiger partial charge on any atom is -0.339 e. The zero-order chi connectivity index (χ0) is 14.8. The molecular weight excluding hydrogens is 286 g/mol. The van der Waals surface area contributed by atoms with E-state index in [-0.39, 0.29) is 0 Å². The third-order valence-electron chi connectivity index (χ3n) is 3.61. The standard InChI is InChI=1S/C15H18ClN5/c1-3-17-7-11-8-21(9-15-19-18-10-20(15)2)14-6-12(16)4-5-13(11)14/h4-6,8,10,17H,3,7,9H2,1-2H3. The van der Waals surface area contributed by atoms with E-state index in [1.807, 2.05) is 23.7 Å². The van der Waals surface area contributed by atoms with Gasteiger partial charge in [-0.05, 0) is 24.2 Å². The van der Waals surface area contributed by atoms with Gasteiger partial charge >= 0.3 is 0 Å². The molecule has 0 radical (unpaired) electrons. The normalized spacial score (nSPS) is 11.4. The second kappa shape index (κ2) is 5.87. The van der Waals surface area contributed by atoms with E-state index in [0.29, 0.717) is 6.54 Å². The van der Waals surface area contributed by atoms with Gasteiger partial charge in [-0.25, -0.2) is 0 Å². The van der Waals surface area contributed by atoms with E-state index in [1.54, 1.807) is 6.33 Å². The molecular formula is C15H18ClN5. The van der Waals surface area contributed by atoms with Crippen LogP contribution in [0.5, 0.6) is 0 Å². The highest BCUT2D eigenvalue weighted by molar-refractivity contribution is 6.31. The molecule has 0 saturated heterocycles. The van der Waals surface area contributed by atoms with Crippen molar-refractivity contribution in [3.8, 4) is 0 Å². The van der Waals surface area contributed by atoms with Crippen molar-refractivity contribution >= 4 is 22.5 Å². The minimum atomic E-state index is 0.680. The van der Waals surface area contributed by atoms with E-state index in [0.717, 1.165) is 29.5 Å². The number of hydrogen-bond donors (Lipinski definition) is 1. The highest BCUT2D eigenvalue weighted by Crippen LogP contribution is 2.25. The van der Waals surface area contributed by atoms with E-state index >= 15 is 0 Å². The Morgan fingerprint density at radius 3 is 2.90 bits per heavy atom. The third kappa shape index (κ3) is 2.80. The molecule has 1 N–H and O–H groups in total. The quantitative estimate of drug-likeness (QED) is 0.788. The molecule has 0 aliphatic heterocycles. The second-order valence-electron chi connectivity index (χ2n) is 5.08. The average molecular weight is 304 g/mol. The van der Waals surface area contributed by atoms with Gasteiger partial charge in [-0.2, -0.15) is 0 Å². The average Bonchev–Trinajstić information content (AvgIpc) is 3.02. The Bertz CT molecular complexity index is 759. The molecule has 110 valence electrons. The number of fused-ring (bicyclic) bond motifs is 1. The fourth-order valence-corrected chi connectivity index (χ4v) is 2.64. The largest absolute Gasteiger partial charge is 0.339 e. The van der Waals surface area contributed by atoms with Gasteiger partial charge in [0.05, 0.1) is 12.1 Å². The van der Waals surface area contributed by atoms with E-state index < -0.39 is 0 Å². The lowest BCUT2D eigenvalue weighted by Crippen LogP contribution is -2.11. The van der Waals surface area contributed by atoms with Crippen molar-refractivity contribution in [2.75, 3.05) is 6.54 Å². The Kier molecular flexibility index (Phi) is 3.94. The van der Waals surface area contributed by atoms with E-state index in [1.165, 1.54) is 10.9 Å². The van der Waals surface area contributed by atoms with Gasteiger partial charge in [0.15, 0.2) is 5.82 Å². The maximum Gasteiger partial charge on any atom is 0.152 e. The van der Waals surface area contributed by atoms with Crippen molar-refractivity contribution in [1.82, 2.24) is 24.6 Å². The van der Waals surface area contributed by atoms with Crippen LogP contribution in [0, 0.1) is 0 Å². The summed E-state index contributed by atoms with van der Waals surface area (Å²) >= 11 is 6.16. The molecule has 0 aliphatic rings. The van der Waals surface area contributed by atoms with E-state index in [9.17, 15) is 0 Å². The molecule has 1 aromatic carbocycles. The number of halogens is 1. The number of rotatable bonds is 5. The monoisotopic (exact) mass is 303 g/mol. The van der Waals surface area contributed by atoms with Gasteiger partial charge in [0, 0.05) is 30.2 Å². The lowest BCUT2D eigenvalue weighted by atomic mass is 10.2. The molecule has 2 heterocycles. The highest BCUT2D eigenvalue weighted by atomic mass is 35.5. The molecule has 0 fully saturated rings. The van der Waals surface area contributed by atoms with Gasteiger partial charge in [-0.3, -0.25) is 0 Å². The van der Waals surface area contributed by atoms with Crippen LogP contribution in [0.2, 0.25) is 5.02 Å². The van der Waals surface area contributed by atoms with Gasteiger partial charge in [-0.1, -0.05) is 24.6 Å². The molecule has 0 spiro atoms. The fraction of sp³-hybridized carbons (Fsp3) is 0.333. The zero-order valence-corrected chi connectivity index (χ0v) is 12.9. The summed E-state index contributed by atoms with van der Waals surface area (Å²) in [5, 5.41) is 13.4. The smallest absolute Gasteiger partial charge is 0.152 e. The van der Waals surface area contributed by atoms with Crippen molar-refractivity contribution in [2.24, 2.45) is 7.05 Å². The predicted molar refractivity (Wildman–Crippen MR) is 84.4 cm³/mol. The Balaban J connectivity index is 2.04. The molecule has 0 bridgehead atoms. The first-order valence-corrected chi connectivity index (χ1v) is 7.37. The van der Waals surface area contributed by atoms with Crippen molar-refractivity contribution in [3.63, 3.8) is 0 Å². The van der Waals surface area contributed by atoms with Crippen LogP contribution in [-0.2, 0) is 20.1 Å². The van der Waals surface area contributed by atoms with E-state index in [4.69, 9.17) is 11.6 Å². The van der Waals surface area contributed by atoms with Crippen molar-refractivity contribution in [3.05, 3.63) is 47.1 Å². The molecule has 0 atom stereocenters. The summed E-state index contributed by atoms with van der Waals surface area (Å²) in [5.74, 6) is 0.918. The molecule has 0 aliphatic carbocycles. The van der Waals surface area contributed by atoms with Crippen molar-refractivity contribution in [1.29, 1.82) is 0 Å². The minimum absolute atomic E-state index is 0.680. The van der Waals surface area contributed by atoms with Crippen LogP contribution in [0.1, 0.15) is 18.3 Å². The van der Waals surface area contributed by atoms with Gasteiger partial charge < -0.3 is 14.5 Å². The summed E-state index contributed by atoms with van der Waals surface area (Å²) in [4.78, 5) is 0. The van der Waals surface area contributed by atoms with Gasteiger partial charge in [0.25, 0.3) is 0 Å². The third-order valence-corrected chi connectivity index (χ3v) is 3.84. The second-order valence-corrected chi connectivity index (χ2v) is 5.52. The number of hydrogen-bond acceptors (Lipinski definition) is 3. The summed E-state index contributed by atoms with van der Waals surface area (Å²) in [5.41, 5.74) is 2.39. The molecule has 0 unspecified atom stereocenters. The lowest BCUT2D eigenvalue weighted by Gasteiger charge is -2.04. The Hall–Kier alpha value is -1.85. The molecule has 3 aromatic rings. The molecule has 21 heavy (non-hydrogen) atoms. The Morgan fingerprint density at radius 1 is 1.33 bits per heavy atom. The van der Waals surface area contributed by atoms with Crippen LogP contribution in [0.15, 0.2) is 30.7 Å².